The van der Waals surface area contributed by atoms with Crippen LogP contribution in [-0.4, -0.2) is 17.9 Å². The summed E-state index contributed by atoms with van der Waals surface area (Å²) < 4.78 is 0. The topological polar surface area (TPSA) is 58.2 Å². The summed E-state index contributed by atoms with van der Waals surface area (Å²) >= 11 is 1.65. The molecule has 2 N–H and O–H groups in total. The van der Waals surface area contributed by atoms with Crippen molar-refractivity contribution in [3.8, 4) is 0 Å². The van der Waals surface area contributed by atoms with Crippen LogP contribution in [0.3, 0.4) is 0 Å². The van der Waals surface area contributed by atoms with Gasteiger partial charge in [0.2, 0.25) is 11.8 Å². The van der Waals surface area contributed by atoms with Crippen LogP contribution in [0.25, 0.3) is 0 Å². The molecular weight excluding hydrogens is 308 g/mol. The molecule has 126 valence electrons. The molecule has 2 aliphatic carbocycles. The van der Waals surface area contributed by atoms with Gasteiger partial charge in [-0.2, -0.15) is 11.3 Å². The summed E-state index contributed by atoms with van der Waals surface area (Å²) in [7, 11) is 0. The second kappa shape index (κ2) is 7.95. The van der Waals surface area contributed by atoms with Crippen molar-refractivity contribution in [3.63, 3.8) is 0 Å². The number of hydrogen-bond acceptors (Lipinski definition) is 3. The van der Waals surface area contributed by atoms with E-state index in [9.17, 15) is 9.59 Å². The zero-order valence-corrected chi connectivity index (χ0v) is 14.4. The minimum Gasteiger partial charge on any atom is -0.353 e. The van der Waals surface area contributed by atoms with Gasteiger partial charge >= 0.3 is 0 Å². The second-order valence-electron chi connectivity index (χ2n) is 6.89. The molecule has 2 amide bonds. The fourth-order valence-electron chi connectivity index (χ4n) is 3.73. The van der Waals surface area contributed by atoms with Crippen LogP contribution in [0, 0.1) is 11.8 Å². The minimum atomic E-state index is 0.105. The Morgan fingerprint density at radius 3 is 2.35 bits per heavy atom. The molecule has 0 aliphatic heterocycles. The average Bonchev–Trinajstić information content (AvgIpc) is 3.26. The lowest BCUT2D eigenvalue weighted by molar-refractivity contribution is -0.126. The molecule has 0 radical (unpaired) electrons. The Morgan fingerprint density at radius 1 is 1.00 bits per heavy atom. The molecule has 1 aromatic heterocycles. The largest absolute Gasteiger partial charge is 0.353 e. The van der Waals surface area contributed by atoms with Crippen LogP contribution in [0.15, 0.2) is 16.8 Å². The van der Waals surface area contributed by atoms with Gasteiger partial charge in [-0.05, 0) is 60.9 Å². The lowest BCUT2D eigenvalue weighted by Gasteiger charge is -2.29. The van der Waals surface area contributed by atoms with Crippen LogP contribution in [0.4, 0.5) is 0 Å². The van der Waals surface area contributed by atoms with Crippen LogP contribution in [0.2, 0.25) is 0 Å². The van der Waals surface area contributed by atoms with E-state index in [1.54, 1.807) is 11.3 Å². The molecule has 0 atom stereocenters. The lowest BCUT2D eigenvalue weighted by atomic mass is 9.85. The summed E-state index contributed by atoms with van der Waals surface area (Å²) in [6, 6.07) is 2.31. The van der Waals surface area contributed by atoms with E-state index < -0.39 is 0 Å². The molecule has 2 saturated carbocycles. The summed E-state index contributed by atoms with van der Waals surface area (Å²) in [5, 5.41) is 10.3. The smallest absolute Gasteiger partial charge is 0.223 e. The highest BCUT2D eigenvalue weighted by Crippen LogP contribution is 2.28. The first kappa shape index (κ1) is 16.5. The van der Waals surface area contributed by atoms with Crippen molar-refractivity contribution in [2.24, 2.45) is 11.8 Å². The van der Waals surface area contributed by atoms with Crippen LogP contribution >= 0.6 is 11.3 Å². The van der Waals surface area contributed by atoms with E-state index in [0.717, 1.165) is 38.5 Å². The Labute approximate surface area is 142 Å². The first-order chi connectivity index (χ1) is 11.2. The third-order valence-corrected chi connectivity index (χ3v) is 5.95. The normalized spacial score (nSPS) is 25.2. The standard InChI is InChI=1S/C18H26N2O2S/c21-17(19-11-13-9-10-23-12-13)15-5-7-16(8-6-15)20-18(22)14-3-1-2-4-14/h9-10,12,14-16H,1-8,11H2,(H,19,21)(H,20,22). The Bertz CT molecular complexity index is 515. The van der Waals surface area contributed by atoms with Crippen molar-refractivity contribution in [1.82, 2.24) is 10.6 Å². The molecule has 0 unspecified atom stereocenters. The highest BCUT2D eigenvalue weighted by Gasteiger charge is 2.29. The van der Waals surface area contributed by atoms with E-state index in [2.05, 4.69) is 16.0 Å². The van der Waals surface area contributed by atoms with E-state index in [0.29, 0.717) is 6.54 Å². The van der Waals surface area contributed by atoms with Crippen molar-refractivity contribution < 1.29 is 9.59 Å². The maximum atomic E-state index is 12.2. The van der Waals surface area contributed by atoms with E-state index in [4.69, 9.17) is 0 Å². The summed E-state index contributed by atoms with van der Waals surface area (Å²) in [6.07, 6.45) is 8.09. The summed E-state index contributed by atoms with van der Waals surface area (Å²) in [5.74, 6) is 0.750. The van der Waals surface area contributed by atoms with Gasteiger partial charge in [0.05, 0.1) is 0 Å². The van der Waals surface area contributed by atoms with Gasteiger partial charge in [-0.15, -0.1) is 0 Å². The van der Waals surface area contributed by atoms with Gasteiger partial charge in [0, 0.05) is 24.4 Å². The maximum absolute atomic E-state index is 12.2. The number of amides is 2. The molecule has 3 rings (SSSR count). The third kappa shape index (κ3) is 4.56. The number of thiophene rings is 1. The number of carbonyl (C=O) groups excluding carboxylic acids is 2. The number of rotatable bonds is 5. The Hall–Kier alpha value is -1.36. The van der Waals surface area contributed by atoms with Crippen LogP contribution in [0.5, 0.6) is 0 Å². The van der Waals surface area contributed by atoms with Gasteiger partial charge < -0.3 is 10.6 Å². The molecule has 2 aliphatic rings. The van der Waals surface area contributed by atoms with Crippen LogP contribution in [0.1, 0.15) is 56.9 Å². The Kier molecular flexibility index (Phi) is 5.70. The van der Waals surface area contributed by atoms with E-state index in [-0.39, 0.29) is 29.7 Å². The Balaban J connectivity index is 1.37. The zero-order chi connectivity index (χ0) is 16.1. The van der Waals surface area contributed by atoms with Gasteiger partial charge in [0.25, 0.3) is 0 Å². The molecule has 0 aromatic carbocycles. The van der Waals surface area contributed by atoms with Crippen LogP contribution < -0.4 is 10.6 Å². The lowest BCUT2D eigenvalue weighted by Crippen LogP contribution is -2.42. The molecule has 0 bridgehead atoms. The van der Waals surface area contributed by atoms with Gasteiger partial charge in [0.15, 0.2) is 0 Å². The Morgan fingerprint density at radius 2 is 1.70 bits per heavy atom. The molecule has 4 nitrogen and oxygen atoms in total. The summed E-state index contributed by atoms with van der Waals surface area (Å²) in [5.41, 5.74) is 1.17. The number of carbonyl (C=O) groups is 2. The molecule has 2 fully saturated rings. The van der Waals surface area contributed by atoms with Crippen molar-refractivity contribution in [3.05, 3.63) is 22.4 Å². The SMILES string of the molecule is O=C(NCc1ccsc1)C1CCC(NC(=O)C2CCCC2)CC1. The molecule has 1 heterocycles. The van der Waals surface area contributed by atoms with Gasteiger partial charge in [0.1, 0.15) is 0 Å². The predicted octanol–water partition coefficient (Wildman–Crippen LogP) is 3.23. The fourth-order valence-corrected chi connectivity index (χ4v) is 4.40. The predicted molar refractivity (Wildman–Crippen MR) is 92.0 cm³/mol. The van der Waals surface area contributed by atoms with Crippen LogP contribution in [-0.2, 0) is 16.1 Å². The molecule has 23 heavy (non-hydrogen) atoms. The molecule has 0 spiro atoms. The molecule has 5 heteroatoms. The summed E-state index contributed by atoms with van der Waals surface area (Å²) in [4.78, 5) is 24.4. The number of hydrogen-bond donors (Lipinski definition) is 2. The minimum absolute atomic E-state index is 0.105. The van der Waals surface area contributed by atoms with Gasteiger partial charge in [-0.3, -0.25) is 9.59 Å². The molecule has 0 saturated heterocycles. The van der Waals surface area contributed by atoms with Gasteiger partial charge in [-0.1, -0.05) is 12.8 Å². The highest BCUT2D eigenvalue weighted by molar-refractivity contribution is 7.07. The fraction of sp³-hybridized carbons (Fsp3) is 0.667. The van der Waals surface area contributed by atoms with Crippen molar-refractivity contribution >= 4 is 23.2 Å². The second-order valence-corrected chi connectivity index (χ2v) is 7.67. The maximum Gasteiger partial charge on any atom is 0.223 e. The van der Waals surface area contributed by atoms with Crippen molar-refractivity contribution in [2.75, 3.05) is 0 Å². The summed E-state index contributed by atoms with van der Waals surface area (Å²) in [6.45, 7) is 0.626. The quantitative estimate of drug-likeness (QED) is 0.868. The van der Waals surface area contributed by atoms with Crippen molar-refractivity contribution in [1.29, 1.82) is 0 Å². The number of nitrogens with one attached hydrogen (secondary N) is 2. The van der Waals surface area contributed by atoms with E-state index in [1.807, 2.05) is 11.4 Å². The van der Waals surface area contributed by atoms with Gasteiger partial charge in [-0.25, -0.2) is 0 Å². The highest BCUT2D eigenvalue weighted by atomic mass is 32.1. The first-order valence-corrected chi connectivity index (χ1v) is 9.76. The van der Waals surface area contributed by atoms with E-state index >= 15 is 0 Å². The monoisotopic (exact) mass is 334 g/mol. The molecule has 1 aromatic rings. The van der Waals surface area contributed by atoms with Crippen molar-refractivity contribution in [2.45, 2.75) is 64.0 Å². The average molecular weight is 334 g/mol. The third-order valence-electron chi connectivity index (χ3n) is 5.22. The zero-order valence-electron chi connectivity index (χ0n) is 13.6. The van der Waals surface area contributed by atoms with E-state index in [1.165, 1.54) is 18.4 Å². The first-order valence-electron chi connectivity index (χ1n) is 8.81. The molecular formula is C18H26N2O2S.